The third-order valence-corrected chi connectivity index (χ3v) is 3.35. The Morgan fingerprint density at radius 3 is 2.44 bits per heavy atom. The lowest BCUT2D eigenvalue weighted by Gasteiger charge is -2.27. The zero-order valence-corrected chi connectivity index (χ0v) is 14.6. The van der Waals surface area contributed by atoms with Gasteiger partial charge in [-0.1, -0.05) is 24.3 Å². The van der Waals surface area contributed by atoms with Crippen molar-refractivity contribution in [3.63, 3.8) is 0 Å². The summed E-state index contributed by atoms with van der Waals surface area (Å²) >= 11 is 0. The summed E-state index contributed by atoms with van der Waals surface area (Å²) in [7, 11) is 0. The normalized spacial score (nSPS) is 11.0. The van der Waals surface area contributed by atoms with Crippen molar-refractivity contribution in [2.24, 2.45) is 0 Å². The summed E-state index contributed by atoms with van der Waals surface area (Å²) in [6, 6.07) is 10.1. The predicted octanol–water partition coefficient (Wildman–Crippen LogP) is 3.54. The molecule has 6 heteroatoms. The Morgan fingerprint density at radius 1 is 1.20 bits per heavy atom. The molecule has 2 rings (SSSR count). The highest BCUT2D eigenvalue weighted by molar-refractivity contribution is 5.74. The van der Waals surface area contributed by atoms with E-state index in [9.17, 15) is 14.7 Å². The summed E-state index contributed by atoms with van der Waals surface area (Å²) in [6.45, 7) is 5.75. The van der Waals surface area contributed by atoms with E-state index in [-0.39, 0.29) is 18.8 Å². The second-order valence-corrected chi connectivity index (χ2v) is 6.67. The number of nitrogens with zero attached hydrogens (tertiary/aromatic N) is 2. The first-order chi connectivity index (χ1) is 11.8. The molecule has 0 aliphatic heterocycles. The fraction of sp³-hybridized carbons (Fsp3) is 0.316. The third kappa shape index (κ3) is 5.60. The molecular formula is C19H22N2O4. The Morgan fingerprint density at radius 2 is 1.88 bits per heavy atom. The molecule has 0 radical (unpaired) electrons. The molecule has 0 spiro atoms. The topological polar surface area (TPSA) is 79.7 Å². The van der Waals surface area contributed by atoms with Gasteiger partial charge in [0.05, 0.1) is 6.54 Å². The number of carbonyl (C=O) groups excluding carboxylic acids is 2. The van der Waals surface area contributed by atoms with Gasteiger partial charge in [-0.25, -0.2) is 4.79 Å². The number of ether oxygens (including phenoxy) is 1. The van der Waals surface area contributed by atoms with Crippen LogP contribution in [0.5, 0.6) is 5.75 Å². The Kier molecular flexibility index (Phi) is 5.75. The molecule has 25 heavy (non-hydrogen) atoms. The first kappa shape index (κ1) is 18.4. The highest BCUT2D eigenvalue weighted by atomic mass is 16.6. The summed E-state index contributed by atoms with van der Waals surface area (Å²) in [5, 5.41) is 9.93. The number of aromatic hydroxyl groups is 1. The molecule has 1 aromatic heterocycles. The molecule has 1 amide bonds. The van der Waals surface area contributed by atoms with Gasteiger partial charge in [0.15, 0.2) is 0 Å². The minimum atomic E-state index is -0.636. The van der Waals surface area contributed by atoms with E-state index in [1.165, 1.54) is 11.0 Å². The Labute approximate surface area is 147 Å². The van der Waals surface area contributed by atoms with E-state index >= 15 is 0 Å². The smallest absolute Gasteiger partial charge is 0.410 e. The molecule has 0 bridgehead atoms. The molecule has 0 saturated heterocycles. The molecular weight excluding hydrogens is 320 g/mol. The molecule has 6 nitrogen and oxygen atoms in total. The molecule has 0 atom stereocenters. The van der Waals surface area contributed by atoms with Gasteiger partial charge in [0.2, 0.25) is 0 Å². The van der Waals surface area contributed by atoms with Gasteiger partial charge in [0.25, 0.3) is 0 Å². The van der Waals surface area contributed by atoms with Crippen molar-refractivity contribution < 1.29 is 19.4 Å². The van der Waals surface area contributed by atoms with Crippen LogP contribution in [-0.4, -0.2) is 33.0 Å². The zero-order chi connectivity index (χ0) is 18.4. The average molecular weight is 342 g/mol. The van der Waals surface area contributed by atoms with Crippen LogP contribution in [0.4, 0.5) is 4.79 Å². The van der Waals surface area contributed by atoms with Crippen molar-refractivity contribution in [1.29, 1.82) is 0 Å². The lowest BCUT2D eigenvalue weighted by Crippen LogP contribution is -2.36. The summed E-state index contributed by atoms with van der Waals surface area (Å²) in [5.74, 6) is 0.0207. The fourth-order valence-corrected chi connectivity index (χ4v) is 2.17. The fourth-order valence-electron chi connectivity index (χ4n) is 2.17. The summed E-state index contributed by atoms with van der Waals surface area (Å²) < 4.78 is 5.45. The van der Waals surface area contributed by atoms with E-state index in [1.54, 1.807) is 57.3 Å². The van der Waals surface area contributed by atoms with Gasteiger partial charge in [-0.2, -0.15) is 0 Å². The van der Waals surface area contributed by atoms with Crippen molar-refractivity contribution in [2.45, 2.75) is 39.5 Å². The van der Waals surface area contributed by atoms with Crippen molar-refractivity contribution in [3.8, 4) is 5.75 Å². The van der Waals surface area contributed by atoms with E-state index < -0.39 is 11.7 Å². The second kappa shape index (κ2) is 7.79. The Bertz CT molecular complexity index is 736. The van der Waals surface area contributed by atoms with Gasteiger partial charge in [0.1, 0.15) is 23.3 Å². The SMILES string of the molecule is CC(C)(C)OC(=O)N(Cc1ccc(C=O)cc1)Cc1ncccc1O. The summed E-state index contributed by atoms with van der Waals surface area (Å²) in [6.07, 6.45) is 1.82. The highest BCUT2D eigenvalue weighted by Gasteiger charge is 2.23. The van der Waals surface area contributed by atoms with Gasteiger partial charge in [-0.05, 0) is 38.5 Å². The molecule has 0 aliphatic rings. The lowest BCUT2D eigenvalue weighted by atomic mass is 10.1. The van der Waals surface area contributed by atoms with Crippen LogP contribution in [0.1, 0.15) is 42.4 Å². The number of hydrogen-bond acceptors (Lipinski definition) is 5. The maximum Gasteiger partial charge on any atom is 0.410 e. The molecule has 0 fully saturated rings. The van der Waals surface area contributed by atoms with Gasteiger partial charge < -0.3 is 9.84 Å². The van der Waals surface area contributed by atoms with Crippen molar-refractivity contribution in [2.75, 3.05) is 0 Å². The monoisotopic (exact) mass is 342 g/mol. The van der Waals surface area contributed by atoms with Crippen LogP contribution >= 0.6 is 0 Å². The number of rotatable bonds is 5. The number of amides is 1. The molecule has 2 aromatic rings. The number of aldehydes is 1. The number of pyridine rings is 1. The standard InChI is InChI=1S/C19H22N2O4/c1-19(2,3)25-18(24)21(12-16-17(23)5-4-10-20-16)11-14-6-8-15(13-22)9-7-14/h4-10,13,23H,11-12H2,1-3H3. The minimum Gasteiger partial charge on any atom is -0.506 e. The number of aromatic nitrogens is 1. The zero-order valence-electron chi connectivity index (χ0n) is 14.6. The molecule has 0 unspecified atom stereocenters. The summed E-state index contributed by atoms with van der Waals surface area (Å²) in [5.41, 5.74) is 1.16. The first-order valence-corrected chi connectivity index (χ1v) is 7.93. The molecule has 1 aromatic carbocycles. The maximum atomic E-state index is 12.5. The average Bonchev–Trinajstić information content (AvgIpc) is 2.55. The van der Waals surface area contributed by atoms with Crippen LogP contribution in [0.15, 0.2) is 42.6 Å². The van der Waals surface area contributed by atoms with Crippen molar-refractivity contribution in [3.05, 3.63) is 59.4 Å². The number of hydrogen-bond donors (Lipinski definition) is 1. The highest BCUT2D eigenvalue weighted by Crippen LogP contribution is 2.19. The van der Waals surface area contributed by atoms with E-state index in [4.69, 9.17) is 4.74 Å². The minimum absolute atomic E-state index is 0.0207. The van der Waals surface area contributed by atoms with Crippen LogP contribution < -0.4 is 0 Å². The van der Waals surface area contributed by atoms with Crippen molar-refractivity contribution >= 4 is 12.4 Å². The van der Waals surface area contributed by atoms with Crippen LogP contribution in [0, 0.1) is 0 Å². The van der Waals surface area contributed by atoms with Crippen LogP contribution in [0.3, 0.4) is 0 Å². The van der Waals surface area contributed by atoms with E-state index in [0.29, 0.717) is 11.3 Å². The molecule has 0 saturated carbocycles. The Hall–Kier alpha value is -2.89. The first-order valence-electron chi connectivity index (χ1n) is 7.93. The third-order valence-electron chi connectivity index (χ3n) is 3.35. The molecule has 0 aliphatic carbocycles. The molecule has 1 heterocycles. The van der Waals surface area contributed by atoms with E-state index in [0.717, 1.165) is 11.8 Å². The number of carbonyl (C=O) groups is 2. The quantitative estimate of drug-likeness (QED) is 0.841. The van der Waals surface area contributed by atoms with Crippen LogP contribution in [-0.2, 0) is 17.8 Å². The largest absolute Gasteiger partial charge is 0.506 e. The Balaban J connectivity index is 2.22. The maximum absolute atomic E-state index is 12.5. The second-order valence-electron chi connectivity index (χ2n) is 6.67. The van der Waals surface area contributed by atoms with Gasteiger partial charge in [-0.3, -0.25) is 14.7 Å². The molecule has 132 valence electrons. The summed E-state index contributed by atoms with van der Waals surface area (Å²) in [4.78, 5) is 28.9. The van der Waals surface area contributed by atoms with Crippen LogP contribution in [0.25, 0.3) is 0 Å². The lowest BCUT2D eigenvalue weighted by molar-refractivity contribution is 0.0213. The van der Waals surface area contributed by atoms with Gasteiger partial charge in [-0.15, -0.1) is 0 Å². The molecule has 1 N–H and O–H groups in total. The van der Waals surface area contributed by atoms with Gasteiger partial charge >= 0.3 is 6.09 Å². The van der Waals surface area contributed by atoms with E-state index in [1.807, 2.05) is 0 Å². The van der Waals surface area contributed by atoms with Crippen molar-refractivity contribution in [1.82, 2.24) is 9.88 Å². The predicted molar refractivity (Wildman–Crippen MR) is 93.2 cm³/mol. The number of benzene rings is 1. The van der Waals surface area contributed by atoms with Crippen LogP contribution in [0.2, 0.25) is 0 Å². The van der Waals surface area contributed by atoms with Gasteiger partial charge in [0, 0.05) is 18.3 Å². The van der Waals surface area contributed by atoms with E-state index in [2.05, 4.69) is 4.98 Å².